The Hall–Kier alpha value is -1.26. The quantitative estimate of drug-likeness (QED) is 0.885. The molecule has 2 atom stereocenters. The van der Waals surface area contributed by atoms with E-state index in [1.54, 1.807) is 24.3 Å². The lowest BCUT2D eigenvalue weighted by Crippen LogP contribution is -2.42. The van der Waals surface area contributed by atoms with Crippen molar-refractivity contribution in [3.05, 3.63) is 29.3 Å². The van der Waals surface area contributed by atoms with Crippen LogP contribution in [0.5, 0.6) is 0 Å². The molecule has 2 amide bonds. The van der Waals surface area contributed by atoms with E-state index in [0.717, 1.165) is 19.4 Å². The Morgan fingerprint density at radius 1 is 1.56 bits per heavy atom. The average Bonchev–Trinajstić information content (AvgIpc) is 2.81. The highest BCUT2D eigenvalue weighted by Crippen LogP contribution is 2.16. The van der Waals surface area contributed by atoms with Gasteiger partial charge in [0.1, 0.15) is 0 Å². The summed E-state index contributed by atoms with van der Waals surface area (Å²) in [5.41, 5.74) is 0.680. The molecule has 4 nitrogen and oxygen atoms in total. The lowest BCUT2D eigenvalue weighted by Gasteiger charge is -2.20. The molecule has 1 aromatic rings. The van der Waals surface area contributed by atoms with Crippen LogP contribution >= 0.6 is 11.6 Å². The molecular weight excluding hydrogens is 252 g/mol. The minimum Gasteiger partial charge on any atom is -0.376 e. The number of carbonyl (C=O) groups excluding carboxylic acids is 1. The molecule has 0 bridgehead atoms. The highest BCUT2D eigenvalue weighted by atomic mass is 35.5. The number of ether oxygens (including phenoxy) is 1. The van der Waals surface area contributed by atoms with Crippen LogP contribution < -0.4 is 10.6 Å². The van der Waals surface area contributed by atoms with E-state index < -0.39 is 0 Å². The van der Waals surface area contributed by atoms with Crippen LogP contribution in [-0.2, 0) is 4.74 Å². The van der Waals surface area contributed by atoms with Gasteiger partial charge in [0.2, 0.25) is 0 Å². The van der Waals surface area contributed by atoms with Crippen molar-refractivity contribution in [3.8, 4) is 0 Å². The molecule has 18 heavy (non-hydrogen) atoms. The van der Waals surface area contributed by atoms with Gasteiger partial charge in [-0.15, -0.1) is 0 Å². The Morgan fingerprint density at radius 2 is 2.39 bits per heavy atom. The Bertz CT molecular complexity index is 419. The molecule has 1 aliphatic rings. The molecule has 1 aromatic carbocycles. The zero-order valence-corrected chi connectivity index (χ0v) is 11.0. The molecule has 5 heteroatoms. The first kappa shape index (κ1) is 13.2. The summed E-state index contributed by atoms with van der Waals surface area (Å²) in [7, 11) is 0. The van der Waals surface area contributed by atoms with Crippen LogP contribution in [0, 0.1) is 0 Å². The minimum atomic E-state index is -0.236. The molecule has 0 spiro atoms. The summed E-state index contributed by atoms with van der Waals surface area (Å²) in [6.45, 7) is 2.74. The number of amides is 2. The monoisotopic (exact) mass is 268 g/mol. The summed E-state index contributed by atoms with van der Waals surface area (Å²) in [5, 5.41) is 6.22. The topological polar surface area (TPSA) is 50.4 Å². The molecule has 2 rings (SSSR count). The van der Waals surface area contributed by atoms with E-state index in [-0.39, 0.29) is 18.2 Å². The second-order valence-corrected chi connectivity index (χ2v) is 4.89. The van der Waals surface area contributed by atoms with Gasteiger partial charge in [-0.25, -0.2) is 4.79 Å². The van der Waals surface area contributed by atoms with Crippen LogP contribution in [0.2, 0.25) is 5.02 Å². The summed E-state index contributed by atoms with van der Waals surface area (Å²) in [6, 6.07) is 6.83. The molecule has 0 radical (unpaired) electrons. The van der Waals surface area contributed by atoms with Gasteiger partial charge in [0.15, 0.2) is 0 Å². The van der Waals surface area contributed by atoms with Crippen LogP contribution in [0.4, 0.5) is 10.5 Å². The van der Waals surface area contributed by atoms with Crippen LogP contribution in [0.3, 0.4) is 0 Å². The Morgan fingerprint density at radius 3 is 3.06 bits per heavy atom. The van der Waals surface area contributed by atoms with Gasteiger partial charge < -0.3 is 15.4 Å². The number of nitrogens with one attached hydrogen (secondary N) is 2. The van der Waals surface area contributed by atoms with Crippen molar-refractivity contribution >= 4 is 23.3 Å². The smallest absolute Gasteiger partial charge is 0.319 e. The average molecular weight is 269 g/mol. The second-order valence-electron chi connectivity index (χ2n) is 4.45. The Kier molecular flexibility index (Phi) is 4.44. The maximum atomic E-state index is 11.8. The summed E-state index contributed by atoms with van der Waals surface area (Å²) in [6.07, 6.45) is 2.18. The lowest BCUT2D eigenvalue weighted by atomic mass is 10.1. The van der Waals surface area contributed by atoms with Crippen molar-refractivity contribution in [2.75, 3.05) is 11.9 Å². The number of carbonyl (C=O) groups is 1. The highest BCUT2D eigenvalue weighted by molar-refractivity contribution is 6.30. The fourth-order valence-electron chi connectivity index (χ4n) is 2.03. The van der Waals surface area contributed by atoms with Crippen molar-refractivity contribution in [2.45, 2.75) is 31.9 Å². The standard InChI is InChI=1S/C13H17ClN2O2/c1-9(12-6-3-7-18-12)15-13(17)16-11-5-2-4-10(14)8-11/h2,4-5,8-9,12H,3,6-7H2,1H3,(H2,15,16,17)/t9-,12-/m1/s1. The van der Waals surface area contributed by atoms with Crippen LogP contribution in [-0.4, -0.2) is 24.8 Å². The third kappa shape index (κ3) is 3.62. The van der Waals surface area contributed by atoms with Gasteiger partial charge in [0, 0.05) is 17.3 Å². The van der Waals surface area contributed by atoms with Crippen molar-refractivity contribution in [1.29, 1.82) is 0 Å². The number of hydrogen-bond acceptors (Lipinski definition) is 2. The zero-order chi connectivity index (χ0) is 13.0. The molecule has 0 unspecified atom stereocenters. The largest absolute Gasteiger partial charge is 0.376 e. The normalized spacial score (nSPS) is 20.4. The number of hydrogen-bond donors (Lipinski definition) is 2. The molecule has 2 N–H and O–H groups in total. The van der Waals surface area contributed by atoms with Crippen LogP contribution in [0.15, 0.2) is 24.3 Å². The molecule has 1 aliphatic heterocycles. The molecule has 0 aliphatic carbocycles. The molecule has 1 saturated heterocycles. The van der Waals surface area contributed by atoms with Gasteiger partial charge in [0.05, 0.1) is 12.1 Å². The molecule has 1 heterocycles. The number of urea groups is 1. The van der Waals surface area contributed by atoms with Crippen molar-refractivity contribution < 1.29 is 9.53 Å². The first-order valence-electron chi connectivity index (χ1n) is 6.10. The molecule has 0 saturated carbocycles. The number of halogens is 1. The summed E-state index contributed by atoms with van der Waals surface area (Å²) >= 11 is 5.85. The predicted octanol–water partition coefficient (Wildman–Crippen LogP) is 3.03. The predicted molar refractivity (Wildman–Crippen MR) is 72.0 cm³/mol. The van der Waals surface area contributed by atoms with Gasteiger partial charge in [-0.2, -0.15) is 0 Å². The number of rotatable bonds is 3. The first-order chi connectivity index (χ1) is 8.65. The fraction of sp³-hybridized carbons (Fsp3) is 0.462. The van der Waals surface area contributed by atoms with E-state index >= 15 is 0 Å². The van der Waals surface area contributed by atoms with Gasteiger partial charge in [-0.1, -0.05) is 17.7 Å². The van der Waals surface area contributed by atoms with Gasteiger partial charge in [-0.3, -0.25) is 0 Å². The fourth-order valence-corrected chi connectivity index (χ4v) is 2.22. The highest BCUT2D eigenvalue weighted by Gasteiger charge is 2.23. The molecule has 0 aromatic heterocycles. The Balaban J connectivity index is 1.84. The van der Waals surface area contributed by atoms with Crippen molar-refractivity contribution in [3.63, 3.8) is 0 Å². The van der Waals surface area contributed by atoms with E-state index in [4.69, 9.17) is 16.3 Å². The van der Waals surface area contributed by atoms with E-state index in [2.05, 4.69) is 10.6 Å². The maximum Gasteiger partial charge on any atom is 0.319 e. The minimum absolute atomic E-state index is 0.00619. The van der Waals surface area contributed by atoms with Gasteiger partial charge in [0.25, 0.3) is 0 Å². The van der Waals surface area contributed by atoms with E-state index in [1.807, 2.05) is 6.92 Å². The second kappa shape index (κ2) is 6.07. The summed E-state index contributed by atoms with van der Waals surface area (Å²) < 4.78 is 5.52. The summed E-state index contributed by atoms with van der Waals surface area (Å²) in [5.74, 6) is 0. The molecular formula is C13H17ClN2O2. The summed E-state index contributed by atoms with van der Waals surface area (Å²) in [4.78, 5) is 11.8. The van der Waals surface area contributed by atoms with Crippen molar-refractivity contribution in [2.24, 2.45) is 0 Å². The maximum absolute atomic E-state index is 11.8. The molecule has 1 fully saturated rings. The zero-order valence-electron chi connectivity index (χ0n) is 10.3. The third-order valence-electron chi connectivity index (χ3n) is 2.96. The van der Waals surface area contributed by atoms with Crippen molar-refractivity contribution in [1.82, 2.24) is 5.32 Å². The SMILES string of the molecule is C[C@@H](NC(=O)Nc1cccc(Cl)c1)[C@H]1CCCO1. The van der Waals surface area contributed by atoms with Crippen LogP contribution in [0.1, 0.15) is 19.8 Å². The van der Waals surface area contributed by atoms with Gasteiger partial charge in [-0.05, 0) is 38.0 Å². The third-order valence-corrected chi connectivity index (χ3v) is 3.20. The van der Waals surface area contributed by atoms with Crippen LogP contribution in [0.25, 0.3) is 0 Å². The number of benzene rings is 1. The van der Waals surface area contributed by atoms with E-state index in [9.17, 15) is 4.79 Å². The number of anilines is 1. The lowest BCUT2D eigenvalue weighted by molar-refractivity contribution is 0.0868. The van der Waals surface area contributed by atoms with E-state index in [0.29, 0.717) is 10.7 Å². The first-order valence-corrected chi connectivity index (χ1v) is 6.47. The van der Waals surface area contributed by atoms with Gasteiger partial charge >= 0.3 is 6.03 Å². The van der Waals surface area contributed by atoms with E-state index in [1.165, 1.54) is 0 Å². The Labute approximate surface area is 112 Å². The molecule has 98 valence electrons.